The van der Waals surface area contributed by atoms with Crippen LogP contribution in [0.5, 0.6) is 0 Å². The smallest absolute Gasteiger partial charge is 0.199 e. The topological polar surface area (TPSA) is 35.2 Å². The summed E-state index contributed by atoms with van der Waals surface area (Å²) in [7, 11) is 1.96. The summed E-state index contributed by atoms with van der Waals surface area (Å²) >= 11 is 12.1. The van der Waals surface area contributed by atoms with Gasteiger partial charge in [-0.15, -0.1) is 0 Å². The molecular formula is C22H25ClN4OS. The number of halogens is 1. The van der Waals surface area contributed by atoms with E-state index in [4.69, 9.17) is 33.7 Å². The van der Waals surface area contributed by atoms with Gasteiger partial charge in [0.05, 0.1) is 19.4 Å². The molecule has 0 aliphatic carbocycles. The molecule has 2 aromatic carbocycles. The van der Waals surface area contributed by atoms with Crippen LogP contribution in [0.3, 0.4) is 0 Å². The monoisotopic (exact) mass is 428 g/mol. The van der Waals surface area contributed by atoms with Crippen molar-refractivity contribution in [1.29, 1.82) is 0 Å². The second kappa shape index (κ2) is 8.03. The third-order valence-electron chi connectivity index (χ3n) is 5.51. The molecule has 0 spiro atoms. The lowest BCUT2D eigenvalue weighted by molar-refractivity contribution is -0.113. The maximum Gasteiger partial charge on any atom is 0.199 e. The Hall–Kier alpha value is -1.99. The molecule has 1 atom stereocenters. The predicted molar refractivity (Wildman–Crippen MR) is 118 cm³/mol. The second-order valence-electron chi connectivity index (χ2n) is 8.03. The van der Waals surface area contributed by atoms with Gasteiger partial charge in [-0.25, -0.2) is 4.68 Å². The average molecular weight is 429 g/mol. The summed E-state index contributed by atoms with van der Waals surface area (Å²) < 4.78 is 10.7. The van der Waals surface area contributed by atoms with Crippen molar-refractivity contribution < 1.29 is 4.74 Å². The van der Waals surface area contributed by atoms with Crippen molar-refractivity contribution in [2.75, 3.05) is 13.2 Å². The van der Waals surface area contributed by atoms with E-state index in [1.165, 1.54) is 0 Å². The highest BCUT2D eigenvalue weighted by Crippen LogP contribution is 2.34. The van der Waals surface area contributed by atoms with Crippen LogP contribution in [0.1, 0.15) is 25.5 Å². The normalized spacial score (nSPS) is 19.4. The van der Waals surface area contributed by atoms with Crippen molar-refractivity contribution in [2.45, 2.75) is 32.2 Å². The van der Waals surface area contributed by atoms with E-state index in [2.05, 4.69) is 18.7 Å². The van der Waals surface area contributed by atoms with Crippen molar-refractivity contribution >= 4 is 23.8 Å². The summed E-state index contributed by atoms with van der Waals surface area (Å²) in [6.07, 6.45) is -0.0804. The van der Waals surface area contributed by atoms with Gasteiger partial charge in [0.15, 0.2) is 10.6 Å². The van der Waals surface area contributed by atoms with E-state index in [9.17, 15) is 0 Å². The maximum absolute atomic E-state index is 6.42. The largest absolute Gasteiger partial charge is 0.370 e. The van der Waals surface area contributed by atoms with Crippen LogP contribution >= 0.6 is 23.8 Å². The molecule has 0 saturated carbocycles. The summed E-state index contributed by atoms with van der Waals surface area (Å²) in [5, 5.41) is 5.56. The summed E-state index contributed by atoms with van der Waals surface area (Å²) in [6, 6.07) is 18.0. The summed E-state index contributed by atoms with van der Waals surface area (Å²) in [5.74, 6) is 0.865. The van der Waals surface area contributed by atoms with Crippen molar-refractivity contribution in [3.05, 3.63) is 70.0 Å². The van der Waals surface area contributed by atoms with E-state index in [1.54, 1.807) is 0 Å². The third-order valence-corrected chi connectivity index (χ3v) is 6.34. The first-order valence-electron chi connectivity index (χ1n) is 9.67. The first kappa shape index (κ1) is 20.3. The zero-order valence-electron chi connectivity index (χ0n) is 16.9. The number of ether oxygens (including phenoxy) is 1. The average Bonchev–Trinajstić information content (AvgIpc) is 2.99. The highest BCUT2D eigenvalue weighted by Gasteiger charge is 2.36. The molecule has 29 heavy (non-hydrogen) atoms. The van der Waals surface area contributed by atoms with E-state index in [-0.39, 0.29) is 11.6 Å². The molecule has 4 rings (SSSR count). The molecule has 1 aromatic heterocycles. The first-order valence-corrected chi connectivity index (χ1v) is 10.5. The van der Waals surface area contributed by atoms with Crippen LogP contribution in [-0.4, -0.2) is 37.9 Å². The number of nitrogens with zero attached hydrogens (tertiary/aromatic N) is 4. The Labute approximate surface area is 181 Å². The minimum absolute atomic E-state index is 0.0804. The fraction of sp³-hybridized carbons (Fsp3) is 0.364. The highest BCUT2D eigenvalue weighted by atomic mass is 35.5. The Bertz CT molecular complexity index is 1060. The second-order valence-corrected chi connectivity index (χ2v) is 8.80. The van der Waals surface area contributed by atoms with E-state index in [0.29, 0.717) is 18.0 Å². The Morgan fingerprint density at radius 2 is 1.83 bits per heavy atom. The SMILES string of the molecule is Cn1c(-c2ccccc2)nn(CN2CC(c3ccccc3Cl)OCC2(C)C)c1=S. The zero-order valence-corrected chi connectivity index (χ0v) is 18.5. The number of hydrogen-bond donors (Lipinski definition) is 0. The van der Waals surface area contributed by atoms with Crippen LogP contribution in [0.25, 0.3) is 11.4 Å². The van der Waals surface area contributed by atoms with Gasteiger partial charge >= 0.3 is 0 Å². The van der Waals surface area contributed by atoms with Crippen LogP contribution in [0.15, 0.2) is 54.6 Å². The van der Waals surface area contributed by atoms with Crippen molar-refractivity contribution in [2.24, 2.45) is 7.05 Å². The number of morpholine rings is 1. The van der Waals surface area contributed by atoms with Gasteiger partial charge in [0.2, 0.25) is 0 Å². The molecule has 7 heteroatoms. The summed E-state index contributed by atoms with van der Waals surface area (Å²) in [4.78, 5) is 2.36. The van der Waals surface area contributed by atoms with Crippen LogP contribution in [0.2, 0.25) is 5.02 Å². The van der Waals surface area contributed by atoms with Crippen LogP contribution < -0.4 is 0 Å². The molecular weight excluding hydrogens is 404 g/mol. The Kier molecular flexibility index (Phi) is 5.62. The van der Waals surface area contributed by atoms with Crippen LogP contribution in [0.4, 0.5) is 0 Å². The Balaban J connectivity index is 1.62. The molecule has 0 amide bonds. The molecule has 1 saturated heterocycles. The van der Waals surface area contributed by atoms with Gasteiger partial charge in [0.25, 0.3) is 0 Å². The molecule has 2 heterocycles. The number of hydrogen-bond acceptors (Lipinski definition) is 4. The summed E-state index contributed by atoms with van der Waals surface area (Å²) in [5.41, 5.74) is 1.93. The molecule has 152 valence electrons. The predicted octanol–water partition coefficient (Wildman–Crippen LogP) is 5.08. The standard InChI is InChI=1S/C22H25ClN4OS/c1-22(2)14-28-19(17-11-7-8-12-18(17)23)13-26(22)15-27-21(29)25(3)20(24-27)16-9-5-4-6-10-16/h4-12,19H,13-15H2,1-3H3. The highest BCUT2D eigenvalue weighted by molar-refractivity contribution is 7.71. The fourth-order valence-corrected chi connectivity index (χ4v) is 4.09. The van der Waals surface area contributed by atoms with Crippen LogP contribution in [-0.2, 0) is 18.5 Å². The molecule has 1 aliphatic rings. The molecule has 0 N–H and O–H groups in total. The zero-order chi connectivity index (χ0) is 20.6. The van der Waals surface area contributed by atoms with Crippen LogP contribution in [0, 0.1) is 4.77 Å². The minimum Gasteiger partial charge on any atom is -0.370 e. The van der Waals surface area contributed by atoms with Crippen molar-refractivity contribution in [3.8, 4) is 11.4 Å². The molecule has 3 aromatic rings. The third kappa shape index (κ3) is 4.03. The van der Waals surface area contributed by atoms with E-state index < -0.39 is 0 Å². The minimum atomic E-state index is -0.142. The maximum atomic E-state index is 6.42. The van der Waals surface area contributed by atoms with Gasteiger partial charge in [-0.3, -0.25) is 4.90 Å². The van der Waals surface area contributed by atoms with E-state index >= 15 is 0 Å². The molecule has 5 nitrogen and oxygen atoms in total. The quantitative estimate of drug-likeness (QED) is 0.543. The summed E-state index contributed by atoms with van der Waals surface area (Å²) in [6.45, 7) is 6.28. The molecule has 1 fully saturated rings. The molecule has 0 radical (unpaired) electrons. The lowest BCUT2D eigenvalue weighted by Crippen LogP contribution is -2.54. The van der Waals surface area contributed by atoms with E-state index in [0.717, 1.165) is 28.5 Å². The van der Waals surface area contributed by atoms with Gasteiger partial charge in [-0.2, -0.15) is 5.10 Å². The Morgan fingerprint density at radius 3 is 2.55 bits per heavy atom. The number of rotatable bonds is 4. The molecule has 1 unspecified atom stereocenters. The van der Waals surface area contributed by atoms with E-state index in [1.807, 2.05) is 70.9 Å². The first-order chi connectivity index (χ1) is 13.9. The van der Waals surface area contributed by atoms with Gasteiger partial charge in [0, 0.05) is 35.3 Å². The lowest BCUT2D eigenvalue weighted by Gasteiger charge is -2.45. The van der Waals surface area contributed by atoms with Crippen molar-refractivity contribution in [3.63, 3.8) is 0 Å². The Morgan fingerprint density at radius 1 is 1.14 bits per heavy atom. The number of aromatic nitrogens is 3. The van der Waals surface area contributed by atoms with Gasteiger partial charge < -0.3 is 9.30 Å². The fourth-order valence-electron chi connectivity index (χ4n) is 3.65. The lowest BCUT2D eigenvalue weighted by atomic mass is 9.99. The van der Waals surface area contributed by atoms with Gasteiger partial charge in [-0.1, -0.05) is 60.1 Å². The van der Waals surface area contributed by atoms with Gasteiger partial charge in [-0.05, 0) is 32.1 Å². The van der Waals surface area contributed by atoms with Crippen molar-refractivity contribution in [1.82, 2.24) is 19.2 Å². The molecule has 0 bridgehead atoms. The number of benzene rings is 2. The van der Waals surface area contributed by atoms with Gasteiger partial charge in [0.1, 0.15) is 0 Å². The molecule has 1 aliphatic heterocycles.